The summed E-state index contributed by atoms with van der Waals surface area (Å²) in [7, 11) is 0. The van der Waals surface area contributed by atoms with E-state index in [0.29, 0.717) is 0 Å². The molecule has 276 valence electrons. The normalized spacial score (nSPS) is 12.4. The van der Waals surface area contributed by atoms with Gasteiger partial charge in [-0.1, -0.05) is 133 Å². The Morgan fingerprint density at radius 1 is 0.333 bits per heavy atom. The molecule has 10 rings (SSSR count). The Hall–Kier alpha value is -6.58. The molecule has 0 saturated carbocycles. The van der Waals surface area contributed by atoms with Gasteiger partial charge < -0.3 is 4.98 Å². The van der Waals surface area contributed by atoms with Gasteiger partial charge in [0.05, 0.1) is 33.8 Å². The van der Waals surface area contributed by atoms with Gasteiger partial charge in [0.25, 0.3) is 0 Å². The van der Waals surface area contributed by atoms with E-state index >= 15 is 0 Å². The highest BCUT2D eigenvalue weighted by Gasteiger charge is 2.25. The van der Waals surface area contributed by atoms with E-state index in [-0.39, 0.29) is 10.8 Å². The highest BCUT2D eigenvalue weighted by Crippen LogP contribution is 2.45. The standard InChI is InChI=1S/C54H45N3/c1-53(2,3)41-29-43-39-22-36(33-16-10-7-11-17-33)23-40(24-39)47-25-37(34-18-12-8-13-19-34)27-49(55-47)50-28-38(35-20-14-9-15-21-35)26-48(56-50)46-32-42(54(4,5)6)31-45-44(30-41)51(43)57-52(45)46/h7-32,57H,1-6H3. The predicted molar refractivity (Wildman–Crippen MR) is 240 cm³/mol. The third-order valence-corrected chi connectivity index (χ3v) is 11.6. The smallest absolute Gasteiger partial charge is 0.0900 e. The Balaban J connectivity index is 1.41. The minimum Gasteiger partial charge on any atom is -0.353 e. The molecule has 0 atom stereocenters. The summed E-state index contributed by atoms with van der Waals surface area (Å²) >= 11 is 0. The first-order valence-electron chi connectivity index (χ1n) is 20.0. The van der Waals surface area contributed by atoms with Gasteiger partial charge in [-0.2, -0.15) is 0 Å². The van der Waals surface area contributed by atoms with Crippen molar-refractivity contribution < 1.29 is 0 Å². The summed E-state index contributed by atoms with van der Waals surface area (Å²) in [6.45, 7) is 13.9. The van der Waals surface area contributed by atoms with Crippen LogP contribution >= 0.6 is 0 Å². The minimum atomic E-state index is -0.0980. The van der Waals surface area contributed by atoms with E-state index in [1.54, 1.807) is 0 Å². The molecular formula is C54H45N3. The summed E-state index contributed by atoms with van der Waals surface area (Å²) < 4.78 is 0. The van der Waals surface area contributed by atoms with Crippen molar-refractivity contribution in [2.45, 2.75) is 52.4 Å². The topological polar surface area (TPSA) is 41.6 Å². The van der Waals surface area contributed by atoms with E-state index in [9.17, 15) is 0 Å². The van der Waals surface area contributed by atoms with Crippen LogP contribution in [0.3, 0.4) is 0 Å². The highest BCUT2D eigenvalue weighted by atomic mass is 14.8. The summed E-state index contributed by atoms with van der Waals surface area (Å²) in [5, 5.41) is 2.44. The Morgan fingerprint density at radius 3 is 1.23 bits per heavy atom. The van der Waals surface area contributed by atoms with Crippen LogP contribution < -0.4 is 0 Å². The minimum absolute atomic E-state index is 0.0826. The van der Waals surface area contributed by atoms with Gasteiger partial charge in [0.15, 0.2) is 0 Å². The Labute approximate surface area is 335 Å². The lowest BCUT2D eigenvalue weighted by Gasteiger charge is -2.22. The largest absolute Gasteiger partial charge is 0.353 e. The molecule has 1 aliphatic heterocycles. The first kappa shape index (κ1) is 34.9. The van der Waals surface area contributed by atoms with Crippen molar-refractivity contribution in [3.8, 4) is 78.4 Å². The fourth-order valence-corrected chi connectivity index (χ4v) is 8.33. The lowest BCUT2D eigenvalue weighted by atomic mass is 9.82. The van der Waals surface area contributed by atoms with Gasteiger partial charge in [-0.3, -0.25) is 0 Å². The molecule has 4 heterocycles. The molecule has 1 aliphatic rings. The number of fused-ring (bicyclic) bond motifs is 11. The molecule has 0 aliphatic carbocycles. The van der Waals surface area contributed by atoms with Crippen molar-refractivity contribution in [3.05, 3.63) is 169 Å². The summed E-state index contributed by atoms with van der Waals surface area (Å²) in [4.78, 5) is 15.1. The van der Waals surface area contributed by atoms with Gasteiger partial charge in [-0.15, -0.1) is 0 Å². The molecule has 6 aromatic carbocycles. The molecule has 3 heteroatoms. The number of nitrogens with zero attached hydrogens (tertiary/aromatic N) is 2. The predicted octanol–water partition coefficient (Wildman–Crippen LogP) is 14.7. The number of nitrogens with one attached hydrogen (secondary N) is 1. The number of pyridine rings is 2. The van der Waals surface area contributed by atoms with Crippen LogP contribution in [0.2, 0.25) is 0 Å². The SMILES string of the molecule is CC(C)(C)c1cc2c3[nH]c4c(cc(C(C)(C)C)cc4c3c1)-c1cc(-c3ccccc3)cc(n1)-c1cc(-c3ccccc3)cc(n1)-c1cc(-c3ccccc3)cc-2c1. The van der Waals surface area contributed by atoms with E-state index in [4.69, 9.17) is 9.97 Å². The first-order valence-corrected chi connectivity index (χ1v) is 20.0. The van der Waals surface area contributed by atoms with E-state index in [2.05, 4.69) is 204 Å². The van der Waals surface area contributed by atoms with E-state index in [1.807, 2.05) is 0 Å². The van der Waals surface area contributed by atoms with Gasteiger partial charge in [-0.05, 0) is 128 Å². The van der Waals surface area contributed by atoms with Gasteiger partial charge >= 0.3 is 0 Å². The molecule has 1 N–H and O–H groups in total. The van der Waals surface area contributed by atoms with Crippen LogP contribution in [0.25, 0.3) is 100 Å². The molecule has 0 fully saturated rings. The molecule has 8 bridgehead atoms. The second-order valence-electron chi connectivity index (χ2n) is 17.7. The van der Waals surface area contributed by atoms with Gasteiger partial charge in [0.2, 0.25) is 0 Å². The summed E-state index contributed by atoms with van der Waals surface area (Å²) in [5.74, 6) is 0. The molecule has 0 unspecified atom stereocenters. The van der Waals surface area contributed by atoms with Crippen LogP contribution in [0.1, 0.15) is 52.7 Å². The first-order chi connectivity index (χ1) is 27.5. The fraction of sp³-hybridized carbons (Fsp3) is 0.148. The number of rotatable bonds is 3. The molecular weight excluding hydrogens is 691 g/mol. The zero-order valence-electron chi connectivity index (χ0n) is 33.4. The zero-order valence-corrected chi connectivity index (χ0v) is 33.4. The Morgan fingerprint density at radius 2 is 0.719 bits per heavy atom. The maximum Gasteiger partial charge on any atom is 0.0900 e. The second kappa shape index (κ2) is 13.0. The Kier molecular flexibility index (Phi) is 7.95. The second-order valence-corrected chi connectivity index (χ2v) is 17.7. The molecule has 0 saturated heterocycles. The molecule has 3 nitrogen and oxygen atoms in total. The van der Waals surface area contributed by atoms with Crippen molar-refractivity contribution in [3.63, 3.8) is 0 Å². The molecule has 57 heavy (non-hydrogen) atoms. The van der Waals surface area contributed by atoms with Crippen molar-refractivity contribution in [1.29, 1.82) is 0 Å². The van der Waals surface area contributed by atoms with Crippen LogP contribution in [0.5, 0.6) is 0 Å². The van der Waals surface area contributed by atoms with Crippen molar-refractivity contribution >= 4 is 21.8 Å². The summed E-state index contributed by atoms with van der Waals surface area (Å²) in [5.41, 5.74) is 19.4. The average molecular weight is 736 g/mol. The molecule has 0 radical (unpaired) electrons. The number of hydrogen-bond acceptors (Lipinski definition) is 2. The van der Waals surface area contributed by atoms with Crippen LogP contribution in [-0.4, -0.2) is 15.0 Å². The molecule has 0 spiro atoms. The van der Waals surface area contributed by atoms with E-state index in [1.165, 1.54) is 33.0 Å². The molecule has 3 aromatic heterocycles. The summed E-state index contributed by atoms with van der Waals surface area (Å²) in [6, 6.07) is 57.5. The van der Waals surface area contributed by atoms with Crippen LogP contribution in [0, 0.1) is 0 Å². The monoisotopic (exact) mass is 735 g/mol. The lowest BCUT2D eigenvalue weighted by Crippen LogP contribution is -2.11. The van der Waals surface area contributed by atoms with Gasteiger partial charge in [0.1, 0.15) is 0 Å². The fourth-order valence-electron chi connectivity index (χ4n) is 8.33. The van der Waals surface area contributed by atoms with Crippen LogP contribution in [0.4, 0.5) is 0 Å². The highest BCUT2D eigenvalue weighted by molar-refractivity contribution is 6.16. The number of aromatic nitrogens is 3. The average Bonchev–Trinajstić information content (AvgIpc) is 3.61. The van der Waals surface area contributed by atoms with Crippen molar-refractivity contribution in [2.75, 3.05) is 0 Å². The summed E-state index contributed by atoms with van der Waals surface area (Å²) in [6.07, 6.45) is 0. The number of H-pyrrole nitrogens is 1. The van der Waals surface area contributed by atoms with Gasteiger partial charge in [0, 0.05) is 27.5 Å². The van der Waals surface area contributed by atoms with Crippen LogP contribution in [-0.2, 0) is 10.8 Å². The van der Waals surface area contributed by atoms with E-state index < -0.39 is 0 Å². The quantitative estimate of drug-likeness (QED) is 0.196. The third kappa shape index (κ3) is 6.24. The van der Waals surface area contributed by atoms with Crippen molar-refractivity contribution in [1.82, 2.24) is 15.0 Å². The Bertz CT molecular complexity index is 2810. The molecule has 0 amide bonds. The molecule has 9 aromatic rings. The number of hydrogen-bond donors (Lipinski definition) is 1. The number of benzene rings is 6. The third-order valence-electron chi connectivity index (χ3n) is 11.6. The zero-order chi connectivity index (χ0) is 39.1. The van der Waals surface area contributed by atoms with Crippen molar-refractivity contribution in [2.24, 2.45) is 0 Å². The van der Waals surface area contributed by atoms with E-state index in [0.717, 1.165) is 78.3 Å². The maximum absolute atomic E-state index is 5.56. The van der Waals surface area contributed by atoms with Gasteiger partial charge in [-0.25, -0.2) is 9.97 Å². The lowest BCUT2D eigenvalue weighted by molar-refractivity contribution is 0.590. The van der Waals surface area contributed by atoms with Crippen LogP contribution in [0.15, 0.2) is 158 Å². The number of aromatic amines is 1. The maximum atomic E-state index is 5.56.